The van der Waals surface area contributed by atoms with E-state index in [1.807, 2.05) is 4.90 Å². The van der Waals surface area contributed by atoms with Gasteiger partial charge in [-0.2, -0.15) is 0 Å². The molecule has 120 valence electrons. The number of piperidine rings is 1. The van der Waals surface area contributed by atoms with Crippen molar-refractivity contribution in [1.82, 2.24) is 14.9 Å². The Morgan fingerprint density at radius 2 is 1.82 bits per heavy atom. The molecule has 1 saturated carbocycles. The zero-order chi connectivity index (χ0) is 15.2. The molecule has 1 aromatic rings. The molecule has 0 N–H and O–H groups in total. The van der Waals surface area contributed by atoms with Gasteiger partial charge in [0.1, 0.15) is 6.10 Å². The second-order valence-electron chi connectivity index (χ2n) is 6.42. The Balaban J connectivity index is 1.38. The van der Waals surface area contributed by atoms with Crippen LogP contribution in [0.15, 0.2) is 18.5 Å². The minimum Gasteiger partial charge on any atom is -0.460 e. The Hall–Kier alpha value is -1.65. The molecule has 0 unspecified atom stereocenters. The van der Waals surface area contributed by atoms with E-state index in [1.54, 1.807) is 18.5 Å². The molecule has 3 rings (SSSR count). The van der Waals surface area contributed by atoms with Gasteiger partial charge in [-0.1, -0.05) is 25.7 Å². The summed E-state index contributed by atoms with van der Waals surface area (Å²) in [6, 6.07) is 2.21. The van der Waals surface area contributed by atoms with Crippen molar-refractivity contribution in [2.75, 3.05) is 13.1 Å². The largest absolute Gasteiger partial charge is 0.460 e. The van der Waals surface area contributed by atoms with Crippen LogP contribution in [0.2, 0.25) is 0 Å². The van der Waals surface area contributed by atoms with Crippen LogP contribution in [0.1, 0.15) is 51.4 Å². The first-order chi connectivity index (χ1) is 10.8. The Bertz CT molecular complexity index is 466. The lowest BCUT2D eigenvalue weighted by Gasteiger charge is -2.32. The van der Waals surface area contributed by atoms with E-state index in [-0.39, 0.29) is 6.10 Å². The highest BCUT2D eigenvalue weighted by atomic mass is 16.5. The summed E-state index contributed by atoms with van der Waals surface area (Å²) in [5, 5.41) is 0. The van der Waals surface area contributed by atoms with Crippen LogP contribution in [0, 0.1) is 5.92 Å². The van der Waals surface area contributed by atoms with Crippen LogP contribution in [0.3, 0.4) is 0 Å². The third-order valence-corrected chi connectivity index (χ3v) is 4.85. The molecule has 0 spiro atoms. The zero-order valence-corrected chi connectivity index (χ0v) is 13.1. The highest BCUT2D eigenvalue weighted by Gasteiger charge is 2.25. The van der Waals surface area contributed by atoms with Crippen molar-refractivity contribution in [2.45, 2.75) is 57.5 Å². The lowest BCUT2D eigenvalue weighted by molar-refractivity contribution is -0.133. The maximum atomic E-state index is 12.3. The molecule has 1 aromatic heterocycles. The average Bonchev–Trinajstić information content (AvgIpc) is 3.08. The summed E-state index contributed by atoms with van der Waals surface area (Å²) in [6.45, 7) is 1.59. The van der Waals surface area contributed by atoms with E-state index in [1.165, 1.54) is 25.7 Å². The minimum absolute atomic E-state index is 0.126. The summed E-state index contributed by atoms with van der Waals surface area (Å²) in [7, 11) is 0. The number of likely N-dealkylation sites (tertiary alicyclic amines) is 1. The van der Waals surface area contributed by atoms with Gasteiger partial charge in [-0.05, 0) is 18.4 Å². The first-order valence-electron chi connectivity index (χ1n) is 8.53. The van der Waals surface area contributed by atoms with Gasteiger partial charge in [0.05, 0.1) is 0 Å². The quantitative estimate of drug-likeness (QED) is 0.839. The Kier molecular flexibility index (Phi) is 5.24. The van der Waals surface area contributed by atoms with Crippen molar-refractivity contribution in [2.24, 2.45) is 5.92 Å². The molecule has 0 aromatic carbocycles. The minimum atomic E-state index is 0.126. The number of nitrogens with zero attached hydrogens (tertiary/aromatic N) is 3. The van der Waals surface area contributed by atoms with Crippen molar-refractivity contribution in [3.8, 4) is 6.01 Å². The van der Waals surface area contributed by atoms with Crippen molar-refractivity contribution < 1.29 is 9.53 Å². The molecule has 2 aliphatic rings. The lowest BCUT2D eigenvalue weighted by Crippen LogP contribution is -2.42. The standard InChI is InChI=1S/C17H25N3O2/c21-16(7-6-14-4-1-2-5-14)20-12-8-15(9-13-20)22-17-18-10-3-11-19-17/h3,10-11,14-15H,1-2,4-9,12-13H2. The maximum Gasteiger partial charge on any atom is 0.316 e. The number of amides is 1. The Morgan fingerprint density at radius 1 is 1.14 bits per heavy atom. The second-order valence-corrected chi connectivity index (χ2v) is 6.42. The molecule has 2 fully saturated rings. The van der Waals surface area contributed by atoms with Gasteiger partial charge in [0.15, 0.2) is 0 Å². The van der Waals surface area contributed by atoms with Crippen LogP contribution in [-0.2, 0) is 4.79 Å². The highest BCUT2D eigenvalue weighted by Crippen LogP contribution is 2.29. The van der Waals surface area contributed by atoms with Gasteiger partial charge in [0, 0.05) is 44.7 Å². The zero-order valence-electron chi connectivity index (χ0n) is 13.1. The van der Waals surface area contributed by atoms with Crippen LogP contribution in [0.25, 0.3) is 0 Å². The fourth-order valence-electron chi connectivity index (χ4n) is 3.50. The van der Waals surface area contributed by atoms with E-state index in [9.17, 15) is 4.79 Å². The second kappa shape index (κ2) is 7.56. The monoisotopic (exact) mass is 303 g/mol. The molecule has 1 aliphatic carbocycles. The third kappa shape index (κ3) is 4.18. The Labute approximate surface area is 132 Å². The molecule has 0 bridgehead atoms. The van der Waals surface area contributed by atoms with Crippen molar-refractivity contribution in [3.05, 3.63) is 18.5 Å². The summed E-state index contributed by atoms with van der Waals surface area (Å²) in [4.78, 5) is 22.5. The smallest absolute Gasteiger partial charge is 0.316 e. The normalized spacial score (nSPS) is 20.3. The number of aromatic nitrogens is 2. The van der Waals surface area contributed by atoms with Crippen LogP contribution < -0.4 is 4.74 Å². The topological polar surface area (TPSA) is 55.3 Å². The number of carbonyl (C=O) groups excluding carboxylic acids is 1. The molecule has 2 heterocycles. The molecule has 5 nitrogen and oxygen atoms in total. The Morgan fingerprint density at radius 3 is 2.50 bits per heavy atom. The first kappa shape index (κ1) is 15.3. The van der Waals surface area contributed by atoms with Crippen molar-refractivity contribution in [1.29, 1.82) is 0 Å². The molecule has 22 heavy (non-hydrogen) atoms. The van der Waals surface area contributed by atoms with Gasteiger partial charge in [-0.15, -0.1) is 0 Å². The van der Waals surface area contributed by atoms with Gasteiger partial charge < -0.3 is 9.64 Å². The van der Waals surface area contributed by atoms with Gasteiger partial charge in [0.2, 0.25) is 5.91 Å². The van der Waals surface area contributed by atoms with E-state index >= 15 is 0 Å². The molecule has 5 heteroatoms. The number of hydrogen-bond acceptors (Lipinski definition) is 4. The van der Waals surface area contributed by atoms with Crippen molar-refractivity contribution in [3.63, 3.8) is 0 Å². The summed E-state index contributed by atoms with van der Waals surface area (Å²) in [6.07, 6.45) is 12.4. The molecule has 1 saturated heterocycles. The predicted molar refractivity (Wildman–Crippen MR) is 83.5 cm³/mol. The summed E-state index contributed by atoms with van der Waals surface area (Å²) >= 11 is 0. The van der Waals surface area contributed by atoms with E-state index in [0.717, 1.165) is 44.7 Å². The molecule has 0 radical (unpaired) electrons. The van der Waals surface area contributed by atoms with E-state index < -0.39 is 0 Å². The molecule has 1 aliphatic heterocycles. The molecule has 1 amide bonds. The molecular formula is C17H25N3O2. The van der Waals surface area contributed by atoms with Crippen molar-refractivity contribution >= 4 is 5.91 Å². The summed E-state index contributed by atoms with van der Waals surface area (Å²) in [5.74, 6) is 1.11. The summed E-state index contributed by atoms with van der Waals surface area (Å²) < 4.78 is 5.76. The fraction of sp³-hybridized carbons (Fsp3) is 0.706. The van der Waals surface area contributed by atoms with Crippen LogP contribution in [0.5, 0.6) is 6.01 Å². The van der Waals surface area contributed by atoms with Crippen LogP contribution in [0.4, 0.5) is 0 Å². The van der Waals surface area contributed by atoms with E-state index in [4.69, 9.17) is 4.74 Å². The lowest BCUT2D eigenvalue weighted by atomic mass is 10.0. The number of hydrogen-bond donors (Lipinski definition) is 0. The average molecular weight is 303 g/mol. The molecule has 0 atom stereocenters. The van der Waals surface area contributed by atoms with E-state index in [0.29, 0.717) is 11.9 Å². The van der Waals surface area contributed by atoms with Gasteiger partial charge in [-0.25, -0.2) is 9.97 Å². The highest BCUT2D eigenvalue weighted by molar-refractivity contribution is 5.76. The third-order valence-electron chi connectivity index (χ3n) is 4.85. The number of carbonyl (C=O) groups is 1. The van der Waals surface area contributed by atoms with E-state index in [2.05, 4.69) is 9.97 Å². The van der Waals surface area contributed by atoms with Gasteiger partial charge in [0.25, 0.3) is 0 Å². The van der Waals surface area contributed by atoms with Crippen LogP contribution >= 0.6 is 0 Å². The van der Waals surface area contributed by atoms with Crippen LogP contribution in [-0.4, -0.2) is 40.0 Å². The predicted octanol–water partition coefficient (Wildman–Crippen LogP) is 2.82. The number of rotatable bonds is 5. The maximum absolute atomic E-state index is 12.3. The molecular weight excluding hydrogens is 278 g/mol. The number of ether oxygens (including phenoxy) is 1. The summed E-state index contributed by atoms with van der Waals surface area (Å²) in [5.41, 5.74) is 0. The van der Waals surface area contributed by atoms with Gasteiger partial charge >= 0.3 is 6.01 Å². The fourth-order valence-corrected chi connectivity index (χ4v) is 3.50. The van der Waals surface area contributed by atoms with Gasteiger partial charge in [-0.3, -0.25) is 4.79 Å². The SMILES string of the molecule is O=C(CCC1CCCC1)N1CCC(Oc2ncccn2)CC1. The first-order valence-corrected chi connectivity index (χ1v) is 8.53.